The predicted molar refractivity (Wildman–Crippen MR) is 73.3 cm³/mol. The highest BCUT2D eigenvalue weighted by molar-refractivity contribution is 9.10. The van der Waals surface area contributed by atoms with Gasteiger partial charge in [-0.25, -0.2) is 4.79 Å². The van der Waals surface area contributed by atoms with Gasteiger partial charge in [0.05, 0.1) is 0 Å². The third-order valence-corrected chi connectivity index (χ3v) is 3.43. The number of hydrogen-bond acceptors (Lipinski definition) is 2. The summed E-state index contributed by atoms with van der Waals surface area (Å²) in [5, 5.41) is 12.4. The van der Waals surface area contributed by atoms with Gasteiger partial charge in [-0.3, -0.25) is 0 Å². The number of hydrogen-bond donors (Lipinski definition) is 2. The molecular formula is C13H18BrNO2. The summed E-state index contributed by atoms with van der Waals surface area (Å²) in [7, 11) is 0. The molecule has 0 heterocycles. The van der Waals surface area contributed by atoms with E-state index in [1.165, 1.54) is 0 Å². The Kier molecular flexibility index (Phi) is 5.48. The number of carbonyl (C=O) groups is 1. The van der Waals surface area contributed by atoms with Gasteiger partial charge in [0.15, 0.2) is 0 Å². The number of halogens is 1. The van der Waals surface area contributed by atoms with E-state index >= 15 is 0 Å². The van der Waals surface area contributed by atoms with E-state index in [0.29, 0.717) is 0 Å². The van der Waals surface area contributed by atoms with Crippen LogP contribution in [0.4, 0.5) is 5.69 Å². The Morgan fingerprint density at radius 1 is 1.41 bits per heavy atom. The van der Waals surface area contributed by atoms with Gasteiger partial charge in [0.25, 0.3) is 0 Å². The molecule has 1 aromatic carbocycles. The van der Waals surface area contributed by atoms with Gasteiger partial charge < -0.3 is 10.4 Å². The minimum absolute atomic E-state index is 0.145. The molecule has 0 saturated heterocycles. The zero-order valence-electron chi connectivity index (χ0n) is 10.1. The van der Waals surface area contributed by atoms with Crippen molar-refractivity contribution in [1.29, 1.82) is 0 Å². The van der Waals surface area contributed by atoms with E-state index in [1.807, 2.05) is 38.1 Å². The molecule has 1 atom stereocenters. The van der Waals surface area contributed by atoms with Crippen molar-refractivity contribution < 1.29 is 9.90 Å². The lowest BCUT2D eigenvalue weighted by Crippen LogP contribution is -2.36. The molecule has 1 rings (SSSR count). The normalized spacial score (nSPS) is 12.5. The van der Waals surface area contributed by atoms with Crippen LogP contribution in [0, 0.1) is 5.92 Å². The molecule has 3 nitrogen and oxygen atoms in total. The molecule has 2 N–H and O–H groups in total. The Labute approximate surface area is 110 Å². The lowest BCUT2D eigenvalue weighted by Gasteiger charge is -2.23. The van der Waals surface area contributed by atoms with Crippen LogP contribution in [0.15, 0.2) is 28.7 Å². The summed E-state index contributed by atoms with van der Waals surface area (Å²) in [6, 6.07) is 7.04. The van der Waals surface area contributed by atoms with E-state index in [-0.39, 0.29) is 5.92 Å². The van der Waals surface area contributed by atoms with Gasteiger partial charge in [0.1, 0.15) is 6.04 Å². The average molecular weight is 300 g/mol. The fourth-order valence-electron chi connectivity index (χ4n) is 1.90. The summed E-state index contributed by atoms with van der Waals surface area (Å²) in [5.41, 5.74) is 0.832. The van der Waals surface area contributed by atoms with Gasteiger partial charge in [0, 0.05) is 10.2 Å². The molecule has 1 aromatic rings. The summed E-state index contributed by atoms with van der Waals surface area (Å²) in [5.74, 6) is -0.648. The van der Waals surface area contributed by atoms with Crippen molar-refractivity contribution in [2.75, 3.05) is 5.32 Å². The Hall–Kier alpha value is -1.03. The Balaban J connectivity index is 2.83. The maximum atomic E-state index is 11.3. The van der Waals surface area contributed by atoms with Gasteiger partial charge in [-0.2, -0.15) is 0 Å². The predicted octanol–water partition coefficient (Wildman–Crippen LogP) is 3.75. The molecule has 0 radical (unpaired) electrons. The van der Waals surface area contributed by atoms with Crippen molar-refractivity contribution in [2.24, 2.45) is 5.92 Å². The molecule has 0 spiro atoms. The number of rotatable bonds is 6. The molecule has 0 amide bonds. The summed E-state index contributed by atoms with van der Waals surface area (Å²) >= 11 is 3.37. The molecule has 0 bridgehead atoms. The van der Waals surface area contributed by atoms with Gasteiger partial charge in [-0.1, -0.05) is 48.7 Å². The van der Waals surface area contributed by atoms with Crippen LogP contribution in [0.25, 0.3) is 0 Å². The van der Waals surface area contributed by atoms with E-state index in [1.54, 1.807) is 0 Å². The summed E-state index contributed by atoms with van der Waals surface area (Å²) in [6.45, 7) is 4.04. The Morgan fingerprint density at radius 2 is 2.06 bits per heavy atom. The van der Waals surface area contributed by atoms with E-state index in [4.69, 9.17) is 0 Å². The second-order valence-electron chi connectivity index (χ2n) is 4.05. The standard InChI is InChI=1S/C13H18BrNO2/c1-3-9(4-2)12(13(16)17)15-11-7-5-6-10(14)8-11/h5-9,12,15H,3-4H2,1-2H3,(H,16,17). The third kappa shape index (κ3) is 4.04. The van der Waals surface area contributed by atoms with Crippen LogP contribution in [-0.2, 0) is 4.79 Å². The average Bonchev–Trinajstić information content (AvgIpc) is 2.29. The van der Waals surface area contributed by atoms with Crippen LogP contribution in [0.2, 0.25) is 0 Å². The number of anilines is 1. The number of benzene rings is 1. The molecule has 0 aliphatic rings. The smallest absolute Gasteiger partial charge is 0.326 e. The first-order valence-corrected chi connectivity index (χ1v) is 6.62. The fraction of sp³-hybridized carbons (Fsp3) is 0.462. The quantitative estimate of drug-likeness (QED) is 0.841. The lowest BCUT2D eigenvalue weighted by atomic mass is 9.94. The number of nitrogens with one attached hydrogen (secondary N) is 1. The molecule has 94 valence electrons. The van der Waals surface area contributed by atoms with Gasteiger partial charge in [0.2, 0.25) is 0 Å². The topological polar surface area (TPSA) is 49.3 Å². The van der Waals surface area contributed by atoms with Crippen LogP contribution in [0.5, 0.6) is 0 Å². The summed E-state index contributed by atoms with van der Waals surface area (Å²) in [6.07, 6.45) is 1.71. The molecule has 4 heteroatoms. The first-order valence-electron chi connectivity index (χ1n) is 5.83. The zero-order valence-corrected chi connectivity index (χ0v) is 11.7. The van der Waals surface area contributed by atoms with Crippen molar-refractivity contribution in [3.8, 4) is 0 Å². The molecule has 0 fully saturated rings. The third-order valence-electron chi connectivity index (χ3n) is 2.93. The van der Waals surface area contributed by atoms with Crippen LogP contribution < -0.4 is 5.32 Å². The summed E-state index contributed by atoms with van der Waals surface area (Å²) < 4.78 is 0.941. The van der Waals surface area contributed by atoms with Crippen molar-refractivity contribution in [1.82, 2.24) is 0 Å². The van der Waals surface area contributed by atoms with E-state index in [0.717, 1.165) is 23.0 Å². The van der Waals surface area contributed by atoms with Crippen LogP contribution in [-0.4, -0.2) is 17.1 Å². The molecule has 0 aromatic heterocycles. The minimum atomic E-state index is -0.793. The van der Waals surface area contributed by atoms with Crippen molar-refractivity contribution in [3.63, 3.8) is 0 Å². The number of carboxylic acids is 1. The SMILES string of the molecule is CCC(CC)C(Nc1cccc(Br)c1)C(=O)O. The van der Waals surface area contributed by atoms with Crippen LogP contribution >= 0.6 is 15.9 Å². The molecule has 0 aliphatic carbocycles. The largest absolute Gasteiger partial charge is 0.480 e. The molecule has 0 saturated carbocycles. The number of carboxylic acid groups (broad SMARTS) is 1. The second-order valence-corrected chi connectivity index (χ2v) is 4.96. The summed E-state index contributed by atoms with van der Waals surface area (Å²) in [4.78, 5) is 11.3. The fourth-order valence-corrected chi connectivity index (χ4v) is 2.30. The Morgan fingerprint density at radius 3 is 2.53 bits per heavy atom. The van der Waals surface area contributed by atoms with E-state index in [9.17, 15) is 9.90 Å². The van der Waals surface area contributed by atoms with Crippen LogP contribution in [0.3, 0.4) is 0 Å². The van der Waals surface area contributed by atoms with Crippen LogP contribution in [0.1, 0.15) is 26.7 Å². The van der Waals surface area contributed by atoms with Gasteiger partial charge in [-0.15, -0.1) is 0 Å². The number of aliphatic carboxylic acids is 1. The van der Waals surface area contributed by atoms with E-state index < -0.39 is 12.0 Å². The molecule has 1 unspecified atom stereocenters. The van der Waals surface area contributed by atoms with Gasteiger partial charge in [-0.05, 0) is 24.1 Å². The molecule has 0 aliphatic heterocycles. The minimum Gasteiger partial charge on any atom is -0.480 e. The Bertz CT molecular complexity index is 377. The zero-order chi connectivity index (χ0) is 12.8. The lowest BCUT2D eigenvalue weighted by molar-refractivity contribution is -0.139. The molecular weight excluding hydrogens is 282 g/mol. The molecule has 17 heavy (non-hydrogen) atoms. The highest BCUT2D eigenvalue weighted by Crippen LogP contribution is 2.21. The van der Waals surface area contributed by atoms with Crippen molar-refractivity contribution in [2.45, 2.75) is 32.7 Å². The van der Waals surface area contributed by atoms with Crippen molar-refractivity contribution in [3.05, 3.63) is 28.7 Å². The maximum absolute atomic E-state index is 11.3. The highest BCUT2D eigenvalue weighted by Gasteiger charge is 2.25. The monoisotopic (exact) mass is 299 g/mol. The van der Waals surface area contributed by atoms with Crippen molar-refractivity contribution >= 4 is 27.6 Å². The maximum Gasteiger partial charge on any atom is 0.326 e. The van der Waals surface area contributed by atoms with Gasteiger partial charge >= 0.3 is 5.97 Å². The van der Waals surface area contributed by atoms with E-state index in [2.05, 4.69) is 21.2 Å². The first kappa shape index (κ1) is 14.0. The highest BCUT2D eigenvalue weighted by atomic mass is 79.9. The first-order chi connectivity index (χ1) is 8.08. The second kappa shape index (κ2) is 6.64.